The van der Waals surface area contributed by atoms with E-state index in [1.807, 2.05) is 20.1 Å². The van der Waals surface area contributed by atoms with Crippen LogP contribution in [0.5, 0.6) is 5.75 Å². The molecule has 1 aromatic carbocycles. The standard InChI is InChI=1S/C43H62ClN5O7S/c1-30-9-7-17-43(55-6,28-47-19-21-48(22-20-47)34(24-53-4)25-54-5)38-15-18-41(38,3)26-49-27-42(16-8-10-32-23-33(44)11-12-35(32)42)29-56-37-14-13-36(45-39(37)49)40(50)46-57(51,52)31(30)2/h7,11-14,17,23,30-31,34,38H,8-10,15-16,18-22,24-29H2,1-6H3,(H,46,50)/b17-7+/t30-,31+,38+,41?,42-,43+/m0/s1. The summed E-state index contributed by atoms with van der Waals surface area (Å²) in [6, 6.07) is 9.78. The van der Waals surface area contributed by atoms with Gasteiger partial charge in [0.05, 0.1) is 31.1 Å². The number of sulfonamides is 1. The molecule has 1 saturated heterocycles. The highest BCUT2D eigenvalue weighted by Gasteiger charge is 2.56. The fraction of sp³-hybridized carbons (Fsp3) is 0.674. The van der Waals surface area contributed by atoms with Crippen LogP contribution in [-0.2, 0) is 36.1 Å². The van der Waals surface area contributed by atoms with Crippen molar-refractivity contribution in [2.24, 2.45) is 17.3 Å². The van der Waals surface area contributed by atoms with Crippen LogP contribution in [0.2, 0.25) is 5.02 Å². The second-order valence-corrected chi connectivity index (χ2v) is 20.2. The number of anilines is 1. The number of benzene rings is 1. The van der Waals surface area contributed by atoms with Gasteiger partial charge in [0.15, 0.2) is 11.6 Å². The van der Waals surface area contributed by atoms with E-state index in [4.69, 9.17) is 35.5 Å². The maximum absolute atomic E-state index is 13.7. The second-order valence-electron chi connectivity index (χ2n) is 17.7. The largest absolute Gasteiger partial charge is 0.489 e. The Kier molecular flexibility index (Phi) is 12.7. The zero-order valence-electron chi connectivity index (χ0n) is 34.6. The van der Waals surface area contributed by atoms with Gasteiger partial charge in [-0.2, -0.15) is 0 Å². The number of amides is 1. The summed E-state index contributed by atoms with van der Waals surface area (Å²) in [5.41, 5.74) is 1.37. The van der Waals surface area contributed by atoms with E-state index in [1.165, 1.54) is 11.1 Å². The number of aryl methyl sites for hydroxylation is 1. The van der Waals surface area contributed by atoms with E-state index in [1.54, 1.807) is 33.3 Å². The molecule has 3 aliphatic heterocycles. The van der Waals surface area contributed by atoms with Crippen LogP contribution in [0.25, 0.3) is 0 Å². The van der Waals surface area contributed by atoms with Gasteiger partial charge >= 0.3 is 0 Å². The molecule has 1 unspecified atom stereocenters. The van der Waals surface area contributed by atoms with Crippen LogP contribution in [0.3, 0.4) is 0 Å². The lowest BCUT2D eigenvalue weighted by molar-refractivity contribution is -0.130. The molecule has 1 spiro atoms. The number of pyridine rings is 1. The minimum atomic E-state index is -4.02. The number of halogens is 1. The lowest BCUT2D eigenvalue weighted by Crippen LogP contribution is -2.63. The average Bonchev–Trinajstić information content (AvgIpc) is 3.33. The molecule has 0 radical (unpaired) electrons. The van der Waals surface area contributed by atoms with Crippen molar-refractivity contribution in [2.75, 3.05) is 91.9 Å². The van der Waals surface area contributed by atoms with E-state index < -0.39 is 26.8 Å². The van der Waals surface area contributed by atoms with Gasteiger partial charge in [0.1, 0.15) is 11.3 Å². The summed E-state index contributed by atoms with van der Waals surface area (Å²) in [7, 11) is 1.29. The number of aromatic nitrogens is 1. The number of carbonyl (C=O) groups excluding carboxylic acids is 1. The van der Waals surface area contributed by atoms with Crippen LogP contribution in [0.15, 0.2) is 42.5 Å². The number of hydrogen-bond donors (Lipinski definition) is 1. The second kappa shape index (κ2) is 17.1. The van der Waals surface area contributed by atoms with Crippen molar-refractivity contribution in [3.63, 3.8) is 0 Å². The highest BCUT2D eigenvalue weighted by molar-refractivity contribution is 7.90. The lowest BCUT2D eigenvalue weighted by Gasteiger charge is -2.58. The van der Waals surface area contributed by atoms with Crippen LogP contribution >= 0.6 is 11.6 Å². The maximum atomic E-state index is 13.7. The van der Waals surface area contributed by atoms with Crippen molar-refractivity contribution in [1.82, 2.24) is 19.5 Å². The molecule has 7 rings (SSSR count). The van der Waals surface area contributed by atoms with Crippen LogP contribution < -0.4 is 14.4 Å². The first-order valence-corrected chi connectivity index (χ1v) is 22.6. The van der Waals surface area contributed by atoms with E-state index in [-0.39, 0.29) is 34.4 Å². The third kappa shape index (κ3) is 8.49. The molecule has 2 fully saturated rings. The van der Waals surface area contributed by atoms with Crippen molar-refractivity contribution in [3.05, 3.63) is 64.3 Å². The fourth-order valence-corrected chi connectivity index (χ4v) is 11.9. The molecule has 2 bridgehead atoms. The summed E-state index contributed by atoms with van der Waals surface area (Å²) >= 11 is 6.52. The zero-order valence-corrected chi connectivity index (χ0v) is 36.2. The molecular weight excluding hydrogens is 766 g/mol. The molecule has 12 nitrogen and oxygen atoms in total. The topological polar surface area (TPSA) is 123 Å². The molecule has 1 amide bonds. The van der Waals surface area contributed by atoms with E-state index in [0.717, 1.165) is 63.3 Å². The number of rotatable bonds is 8. The Hall–Kier alpha value is -2.78. The van der Waals surface area contributed by atoms with E-state index in [0.29, 0.717) is 57.4 Å². The van der Waals surface area contributed by atoms with Crippen LogP contribution in [0.4, 0.5) is 5.82 Å². The monoisotopic (exact) mass is 827 g/mol. The number of methoxy groups -OCH3 is 3. The van der Waals surface area contributed by atoms with Crippen molar-refractivity contribution in [3.8, 4) is 5.75 Å². The molecule has 57 heavy (non-hydrogen) atoms. The molecule has 4 heterocycles. The van der Waals surface area contributed by atoms with Gasteiger partial charge < -0.3 is 23.8 Å². The molecule has 1 N–H and O–H groups in total. The smallest absolute Gasteiger partial charge is 0.283 e. The summed E-state index contributed by atoms with van der Waals surface area (Å²) in [4.78, 5) is 25.9. The summed E-state index contributed by atoms with van der Waals surface area (Å²) in [5.74, 6) is 0.298. The third-order valence-electron chi connectivity index (χ3n) is 14.0. The van der Waals surface area contributed by atoms with E-state index in [9.17, 15) is 13.2 Å². The minimum Gasteiger partial charge on any atom is -0.489 e. The molecule has 2 aromatic rings. The van der Waals surface area contributed by atoms with Gasteiger partial charge in [0.25, 0.3) is 5.91 Å². The highest BCUT2D eigenvalue weighted by atomic mass is 35.5. The van der Waals surface area contributed by atoms with Gasteiger partial charge in [-0.25, -0.2) is 18.1 Å². The number of nitrogens with zero attached hydrogens (tertiary/aromatic N) is 4. The first-order valence-electron chi connectivity index (χ1n) is 20.7. The molecule has 1 aromatic heterocycles. The highest BCUT2D eigenvalue weighted by Crippen LogP contribution is 2.55. The summed E-state index contributed by atoms with van der Waals surface area (Å²) in [6.07, 6.45) is 9.74. The van der Waals surface area contributed by atoms with Crippen molar-refractivity contribution in [2.45, 2.75) is 81.6 Å². The number of fused-ring (bicyclic) bond motifs is 4. The van der Waals surface area contributed by atoms with E-state index >= 15 is 0 Å². The quantitative estimate of drug-likeness (QED) is 0.348. The SMILES string of the molecule is COCC(COC)N1CCN(C[C@]2(OC)/C=C/C[C@H](C)[C@@H](C)S(=O)(=O)NC(=O)c3ccc4c(n3)N(CC3(C)CC[C@H]32)C[C@@]2(CCCc3cc(Cl)ccc32)CO4)CC1. The van der Waals surface area contributed by atoms with Gasteiger partial charge in [-0.3, -0.25) is 14.6 Å². The Bertz CT molecular complexity index is 1900. The van der Waals surface area contributed by atoms with Gasteiger partial charge in [-0.1, -0.05) is 43.7 Å². The normalized spacial score (nSPS) is 32.7. The molecule has 6 atom stereocenters. The zero-order chi connectivity index (χ0) is 40.6. The summed E-state index contributed by atoms with van der Waals surface area (Å²) < 4.78 is 54.2. The number of ether oxygens (including phenoxy) is 4. The Balaban J connectivity index is 1.27. The van der Waals surface area contributed by atoms with Gasteiger partial charge in [0, 0.05) is 77.6 Å². The Morgan fingerprint density at radius 3 is 2.47 bits per heavy atom. The molecular formula is C43H62ClN5O7S. The summed E-state index contributed by atoms with van der Waals surface area (Å²) in [6.45, 7) is 13.2. The number of piperazine rings is 1. The first kappa shape index (κ1) is 42.3. The van der Waals surface area contributed by atoms with E-state index in [2.05, 4.69) is 50.6 Å². The fourth-order valence-electron chi connectivity index (χ4n) is 10.4. The van der Waals surface area contributed by atoms with Crippen molar-refractivity contribution >= 4 is 33.3 Å². The van der Waals surface area contributed by atoms with Crippen LogP contribution in [-0.4, -0.2) is 133 Å². The van der Waals surface area contributed by atoms with Gasteiger partial charge in [-0.15, -0.1) is 0 Å². The molecule has 14 heteroatoms. The summed E-state index contributed by atoms with van der Waals surface area (Å²) in [5, 5.41) is -0.102. The maximum Gasteiger partial charge on any atom is 0.283 e. The van der Waals surface area contributed by atoms with Crippen LogP contribution in [0.1, 0.15) is 74.5 Å². The van der Waals surface area contributed by atoms with Crippen molar-refractivity contribution in [1.29, 1.82) is 0 Å². The Morgan fingerprint density at radius 1 is 1.04 bits per heavy atom. The predicted molar refractivity (Wildman–Crippen MR) is 223 cm³/mol. The molecule has 1 saturated carbocycles. The third-order valence-corrected chi connectivity index (χ3v) is 16.2. The van der Waals surface area contributed by atoms with Crippen molar-refractivity contribution < 1.29 is 32.2 Å². The van der Waals surface area contributed by atoms with Gasteiger partial charge in [0.2, 0.25) is 10.0 Å². The number of allylic oxidation sites excluding steroid dienone is 1. The molecule has 2 aliphatic carbocycles. The Morgan fingerprint density at radius 2 is 1.79 bits per heavy atom. The first-order chi connectivity index (χ1) is 27.2. The molecule has 314 valence electrons. The average molecular weight is 829 g/mol. The minimum absolute atomic E-state index is 0.0449. The predicted octanol–water partition coefficient (Wildman–Crippen LogP) is 5.33. The Labute approximate surface area is 344 Å². The number of hydrogen-bond acceptors (Lipinski definition) is 11. The number of carbonyl (C=O) groups is 1. The lowest BCUT2D eigenvalue weighted by atomic mass is 9.54. The van der Waals surface area contributed by atoms with Gasteiger partial charge in [-0.05, 0) is 98.1 Å². The van der Waals surface area contributed by atoms with Crippen LogP contribution in [0, 0.1) is 17.3 Å². The number of nitrogens with one attached hydrogen (secondary N) is 1. The molecule has 5 aliphatic rings.